The van der Waals surface area contributed by atoms with E-state index < -0.39 is 6.10 Å². The summed E-state index contributed by atoms with van der Waals surface area (Å²) < 4.78 is 1.73. The quantitative estimate of drug-likeness (QED) is 0.538. The average molecular weight is 209 g/mol. The summed E-state index contributed by atoms with van der Waals surface area (Å²) in [4.78, 5) is 0. The van der Waals surface area contributed by atoms with E-state index >= 15 is 0 Å². The maximum Gasteiger partial charge on any atom is 0.0860 e. The number of aliphatic hydroxyl groups excluding tert-OH is 1. The molecule has 0 aliphatic rings. The zero-order valence-corrected chi connectivity index (χ0v) is 9.35. The molecular weight excluding hydrogens is 190 g/mol. The number of nitrogens with one attached hydrogen (secondary N) is 1. The lowest BCUT2D eigenvalue weighted by atomic mass is 10.3. The Labute approximate surface area is 90.6 Å². The van der Waals surface area contributed by atoms with E-state index in [0.29, 0.717) is 13.1 Å². The van der Waals surface area contributed by atoms with E-state index in [0.717, 1.165) is 6.54 Å². The fourth-order valence-electron chi connectivity index (χ4n) is 1.22. The molecule has 1 rings (SSSR count). The second kappa shape index (κ2) is 6.37. The third kappa shape index (κ3) is 5.34. The Morgan fingerprint density at radius 3 is 3.00 bits per heavy atom. The third-order valence-corrected chi connectivity index (χ3v) is 1.99. The number of hydrogen-bond acceptors (Lipinski definition) is 3. The van der Waals surface area contributed by atoms with Crippen LogP contribution >= 0.6 is 0 Å². The molecule has 0 radical (unpaired) electrons. The molecule has 0 aromatic carbocycles. The number of hydrogen-bond donors (Lipinski definition) is 2. The fraction of sp³-hybridized carbons (Fsp3) is 0.545. The van der Waals surface area contributed by atoms with Gasteiger partial charge in [0.1, 0.15) is 0 Å². The normalized spacial score (nSPS) is 12.5. The average Bonchev–Trinajstić information content (AvgIpc) is 2.64. The van der Waals surface area contributed by atoms with Crippen molar-refractivity contribution >= 4 is 0 Å². The first-order valence-electron chi connectivity index (χ1n) is 5.18. The minimum absolute atomic E-state index is 0.393. The van der Waals surface area contributed by atoms with Gasteiger partial charge in [0, 0.05) is 25.5 Å². The van der Waals surface area contributed by atoms with Gasteiger partial charge < -0.3 is 10.4 Å². The molecule has 0 aliphatic carbocycles. The number of nitrogens with zero attached hydrogens (tertiary/aromatic N) is 2. The topological polar surface area (TPSA) is 50.1 Å². The van der Waals surface area contributed by atoms with E-state index in [1.54, 1.807) is 10.9 Å². The molecule has 4 nitrogen and oxygen atoms in total. The molecule has 2 N–H and O–H groups in total. The highest BCUT2D eigenvalue weighted by atomic mass is 16.3. The summed E-state index contributed by atoms with van der Waals surface area (Å²) in [6.07, 6.45) is 5.26. The van der Waals surface area contributed by atoms with E-state index in [-0.39, 0.29) is 0 Å². The summed E-state index contributed by atoms with van der Waals surface area (Å²) in [5.41, 5.74) is 1.28. The summed E-state index contributed by atoms with van der Waals surface area (Å²) in [5.74, 6) is 0. The van der Waals surface area contributed by atoms with Gasteiger partial charge in [-0.3, -0.25) is 4.68 Å². The van der Waals surface area contributed by atoms with Crippen LogP contribution in [0.3, 0.4) is 0 Å². The first-order chi connectivity index (χ1) is 7.18. The SMILES string of the molecule is CC(C)=CCNCC(O)Cn1cccn1. The van der Waals surface area contributed by atoms with Crippen LogP contribution in [0.1, 0.15) is 13.8 Å². The Hall–Kier alpha value is -1.13. The van der Waals surface area contributed by atoms with Gasteiger partial charge in [-0.05, 0) is 19.9 Å². The van der Waals surface area contributed by atoms with Gasteiger partial charge in [-0.15, -0.1) is 0 Å². The van der Waals surface area contributed by atoms with E-state index in [2.05, 4.69) is 30.3 Å². The van der Waals surface area contributed by atoms with E-state index in [9.17, 15) is 5.11 Å². The molecule has 0 bridgehead atoms. The first kappa shape index (κ1) is 11.9. The maximum absolute atomic E-state index is 9.64. The highest BCUT2D eigenvalue weighted by Gasteiger charge is 2.03. The summed E-state index contributed by atoms with van der Waals surface area (Å²) in [7, 11) is 0. The van der Waals surface area contributed by atoms with Crippen LogP contribution in [-0.2, 0) is 6.54 Å². The molecule has 4 heteroatoms. The third-order valence-electron chi connectivity index (χ3n) is 1.99. The monoisotopic (exact) mass is 209 g/mol. The van der Waals surface area contributed by atoms with E-state index in [1.807, 2.05) is 12.3 Å². The zero-order chi connectivity index (χ0) is 11.1. The zero-order valence-electron chi connectivity index (χ0n) is 9.35. The Bertz CT molecular complexity index is 289. The standard InChI is InChI=1S/C11H19N3O/c1-10(2)4-6-12-8-11(15)9-14-7-3-5-13-14/h3-5,7,11-12,15H,6,8-9H2,1-2H3. The molecule has 0 fully saturated rings. The molecule has 0 saturated heterocycles. The molecule has 0 saturated carbocycles. The van der Waals surface area contributed by atoms with E-state index in [4.69, 9.17) is 0 Å². The number of rotatable bonds is 6. The van der Waals surface area contributed by atoms with Crippen molar-refractivity contribution in [2.45, 2.75) is 26.5 Å². The summed E-state index contributed by atoms with van der Waals surface area (Å²) in [5, 5.41) is 16.8. The minimum atomic E-state index is -0.393. The van der Waals surface area contributed by atoms with Crippen molar-refractivity contribution in [1.29, 1.82) is 0 Å². The molecule has 0 amide bonds. The Balaban J connectivity index is 2.14. The van der Waals surface area contributed by atoms with Gasteiger partial charge in [0.15, 0.2) is 0 Å². The van der Waals surface area contributed by atoms with Crippen molar-refractivity contribution in [2.75, 3.05) is 13.1 Å². The van der Waals surface area contributed by atoms with Crippen LogP contribution < -0.4 is 5.32 Å². The molecule has 1 unspecified atom stereocenters. The molecule has 1 atom stereocenters. The van der Waals surface area contributed by atoms with Crippen LogP contribution in [0.4, 0.5) is 0 Å². The number of aromatic nitrogens is 2. The van der Waals surface area contributed by atoms with Crippen LogP contribution in [0.5, 0.6) is 0 Å². The van der Waals surface area contributed by atoms with Crippen molar-refractivity contribution in [2.24, 2.45) is 0 Å². The van der Waals surface area contributed by atoms with Crippen molar-refractivity contribution in [3.63, 3.8) is 0 Å². The van der Waals surface area contributed by atoms with Crippen LogP contribution in [0.15, 0.2) is 30.1 Å². The maximum atomic E-state index is 9.64. The van der Waals surface area contributed by atoms with Gasteiger partial charge in [-0.25, -0.2) is 0 Å². The predicted molar refractivity (Wildman–Crippen MR) is 60.5 cm³/mol. The predicted octanol–water partition coefficient (Wildman–Crippen LogP) is 0.800. The minimum Gasteiger partial charge on any atom is -0.390 e. The molecular formula is C11H19N3O. The Kier molecular flexibility index (Phi) is 5.07. The van der Waals surface area contributed by atoms with E-state index in [1.165, 1.54) is 5.57 Å². The molecule has 0 spiro atoms. The molecule has 0 aliphatic heterocycles. The molecule has 1 aromatic heterocycles. The van der Waals surface area contributed by atoms with Crippen LogP contribution in [0.25, 0.3) is 0 Å². The summed E-state index contributed by atoms with van der Waals surface area (Å²) in [6, 6.07) is 1.85. The van der Waals surface area contributed by atoms with Gasteiger partial charge in [-0.2, -0.15) is 5.10 Å². The highest BCUT2D eigenvalue weighted by Crippen LogP contribution is 1.90. The summed E-state index contributed by atoms with van der Waals surface area (Å²) in [6.45, 7) is 6.04. The van der Waals surface area contributed by atoms with Gasteiger partial charge in [-0.1, -0.05) is 11.6 Å². The fourth-order valence-corrected chi connectivity index (χ4v) is 1.22. The second-order valence-corrected chi connectivity index (χ2v) is 3.82. The lowest BCUT2D eigenvalue weighted by Gasteiger charge is -2.10. The molecule has 84 valence electrons. The van der Waals surface area contributed by atoms with Crippen molar-refractivity contribution in [3.05, 3.63) is 30.1 Å². The number of allylic oxidation sites excluding steroid dienone is 1. The Morgan fingerprint density at radius 2 is 2.40 bits per heavy atom. The first-order valence-corrected chi connectivity index (χ1v) is 5.18. The van der Waals surface area contributed by atoms with Gasteiger partial charge in [0.25, 0.3) is 0 Å². The molecule has 1 heterocycles. The highest BCUT2D eigenvalue weighted by molar-refractivity contribution is 4.94. The largest absolute Gasteiger partial charge is 0.390 e. The van der Waals surface area contributed by atoms with Crippen molar-refractivity contribution in [1.82, 2.24) is 15.1 Å². The Morgan fingerprint density at radius 1 is 1.60 bits per heavy atom. The molecule has 15 heavy (non-hydrogen) atoms. The van der Waals surface area contributed by atoms with Crippen molar-refractivity contribution in [3.8, 4) is 0 Å². The summed E-state index contributed by atoms with van der Waals surface area (Å²) >= 11 is 0. The van der Waals surface area contributed by atoms with Gasteiger partial charge in [0.2, 0.25) is 0 Å². The lowest BCUT2D eigenvalue weighted by Crippen LogP contribution is -2.30. The van der Waals surface area contributed by atoms with Crippen LogP contribution in [0.2, 0.25) is 0 Å². The van der Waals surface area contributed by atoms with Gasteiger partial charge in [0.05, 0.1) is 12.6 Å². The number of aliphatic hydroxyl groups is 1. The van der Waals surface area contributed by atoms with Gasteiger partial charge >= 0.3 is 0 Å². The van der Waals surface area contributed by atoms with Crippen LogP contribution in [0, 0.1) is 0 Å². The van der Waals surface area contributed by atoms with Crippen molar-refractivity contribution < 1.29 is 5.11 Å². The second-order valence-electron chi connectivity index (χ2n) is 3.82. The van der Waals surface area contributed by atoms with Crippen LogP contribution in [-0.4, -0.2) is 34.1 Å². The molecule has 1 aromatic rings. The lowest BCUT2D eigenvalue weighted by molar-refractivity contribution is 0.148. The smallest absolute Gasteiger partial charge is 0.0860 e.